The van der Waals surface area contributed by atoms with E-state index in [0.717, 1.165) is 6.07 Å². The van der Waals surface area contributed by atoms with Crippen molar-refractivity contribution in [1.82, 2.24) is 4.90 Å². The zero-order valence-electron chi connectivity index (χ0n) is 11.3. The Morgan fingerprint density at radius 2 is 2.05 bits per heavy atom. The van der Waals surface area contributed by atoms with Gasteiger partial charge in [0, 0.05) is 20.1 Å². The quantitative estimate of drug-likeness (QED) is 0.874. The van der Waals surface area contributed by atoms with E-state index in [2.05, 4.69) is 5.32 Å². The number of halogens is 3. The molecule has 0 unspecified atom stereocenters. The molecule has 112 valence electrons. The summed E-state index contributed by atoms with van der Waals surface area (Å²) < 4.78 is 38.9. The maximum atomic E-state index is 13.0. The van der Waals surface area contributed by atoms with Crippen molar-refractivity contribution in [2.45, 2.75) is 13.1 Å². The fourth-order valence-corrected chi connectivity index (χ4v) is 1.79. The number of carbonyl (C=O) groups is 1. The van der Waals surface area contributed by atoms with Gasteiger partial charge in [-0.05, 0) is 19.1 Å². The highest BCUT2D eigenvalue weighted by Crippen LogP contribution is 2.36. The molecule has 0 saturated carbocycles. The Balaban J connectivity index is 3.29. The van der Waals surface area contributed by atoms with E-state index >= 15 is 0 Å². The van der Waals surface area contributed by atoms with Crippen molar-refractivity contribution in [3.63, 3.8) is 0 Å². The van der Waals surface area contributed by atoms with E-state index in [4.69, 9.17) is 5.11 Å². The molecule has 0 heterocycles. The Hall–Kier alpha value is -1.76. The van der Waals surface area contributed by atoms with E-state index in [1.54, 1.807) is 6.92 Å². The van der Waals surface area contributed by atoms with Gasteiger partial charge < -0.3 is 15.3 Å². The largest absolute Gasteiger partial charge is 0.418 e. The van der Waals surface area contributed by atoms with Crippen LogP contribution in [-0.2, 0) is 6.18 Å². The van der Waals surface area contributed by atoms with E-state index in [1.807, 2.05) is 0 Å². The molecule has 20 heavy (non-hydrogen) atoms. The Kier molecular flexibility index (Phi) is 5.38. The summed E-state index contributed by atoms with van der Waals surface area (Å²) in [6.07, 6.45) is -4.54. The van der Waals surface area contributed by atoms with E-state index in [-0.39, 0.29) is 30.9 Å². The standard InChI is InChI=1S/C13H17F3N2O2/c1-3-17-11-9(12(20)18(2)7-8-19)5-4-6-10(11)13(14,15)16/h4-6,17,19H,3,7-8H2,1-2H3. The van der Waals surface area contributed by atoms with Gasteiger partial charge >= 0.3 is 6.18 Å². The lowest BCUT2D eigenvalue weighted by atomic mass is 10.0. The number of carbonyl (C=O) groups excluding carboxylic acids is 1. The zero-order chi connectivity index (χ0) is 15.3. The van der Waals surface area contributed by atoms with Crippen molar-refractivity contribution in [1.29, 1.82) is 0 Å². The summed E-state index contributed by atoms with van der Waals surface area (Å²) >= 11 is 0. The van der Waals surface area contributed by atoms with Gasteiger partial charge in [-0.2, -0.15) is 13.2 Å². The number of hydrogen-bond acceptors (Lipinski definition) is 3. The Bertz CT molecular complexity index is 475. The van der Waals surface area contributed by atoms with Gasteiger partial charge in [0.05, 0.1) is 23.4 Å². The third-order valence-corrected chi connectivity index (χ3v) is 2.74. The third kappa shape index (κ3) is 3.63. The minimum absolute atomic E-state index is 0.0562. The number of nitrogens with one attached hydrogen (secondary N) is 1. The Labute approximate surface area is 115 Å². The van der Waals surface area contributed by atoms with Gasteiger partial charge in [0.1, 0.15) is 0 Å². The van der Waals surface area contributed by atoms with E-state index < -0.39 is 17.6 Å². The first-order valence-corrected chi connectivity index (χ1v) is 6.13. The van der Waals surface area contributed by atoms with Crippen LogP contribution in [0.4, 0.5) is 18.9 Å². The molecule has 0 aromatic heterocycles. The molecule has 0 radical (unpaired) electrons. The fourth-order valence-electron chi connectivity index (χ4n) is 1.79. The topological polar surface area (TPSA) is 52.6 Å². The molecule has 0 aliphatic carbocycles. The first kappa shape index (κ1) is 16.3. The first-order chi connectivity index (χ1) is 9.32. The van der Waals surface area contributed by atoms with E-state index in [1.165, 1.54) is 24.1 Å². The summed E-state index contributed by atoms with van der Waals surface area (Å²) in [7, 11) is 1.43. The van der Waals surface area contributed by atoms with Gasteiger partial charge in [-0.3, -0.25) is 4.79 Å². The van der Waals surface area contributed by atoms with Crippen LogP contribution in [0.25, 0.3) is 0 Å². The molecule has 0 fully saturated rings. The number of alkyl halides is 3. The second kappa shape index (κ2) is 6.60. The lowest BCUT2D eigenvalue weighted by molar-refractivity contribution is -0.137. The molecular formula is C13H17F3N2O2. The van der Waals surface area contributed by atoms with Crippen LogP contribution in [-0.4, -0.2) is 42.7 Å². The number of benzene rings is 1. The van der Waals surface area contributed by atoms with Crippen molar-refractivity contribution < 1.29 is 23.1 Å². The molecule has 1 aromatic rings. The SMILES string of the molecule is CCNc1c(C(=O)N(C)CCO)cccc1C(F)(F)F. The van der Waals surface area contributed by atoms with Crippen LogP contribution < -0.4 is 5.32 Å². The molecule has 4 nitrogen and oxygen atoms in total. The number of likely N-dealkylation sites (N-methyl/N-ethyl adjacent to an activating group) is 1. The minimum atomic E-state index is -4.54. The van der Waals surface area contributed by atoms with Crippen molar-refractivity contribution in [2.24, 2.45) is 0 Å². The van der Waals surface area contributed by atoms with Gasteiger partial charge in [0.25, 0.3) is 5.91 Å². The second-order valence-electron chi connectivity index (χ2n) is 4.21. The first-order valence-electron chi connectivity index (χ1n) is 6.13. The van der Waals surface area contributed by atoms with Gasteiger partial charge in [-0.15, -0.1) is 0 Å². The van der Waals surface area contributed by atoms with Gasteiger partial charge in [0.2, 0.25) is 0 Å². The van der Waals surface area contributed by atoms with E-state index in [9.17, 15) is 18.0 Å². The smallest absolute Gasteiger partial charge is 0.395 e. The summed E-state index contributed by atoms with van der Waals surface area (Å²) in [4.78, 5) is 13.3. The summed E-state index contributed by atoms with van der Waals surface area (Å²) in [5.74, 6) is -0.568. The van der Waals surface area contributed by atoms with Gasteiger partial charge in [-0.1, -0.05) is 6.07 Å². The molecule has 0 atom stereocenters. The van der Waals surface area contributed by atoms with Crippen LogP contribution in [0.3, 0.4) is 0 Å². The molecule has 2 N–H and O–H groups in total. The molecular weight excluding hydrogens is 273 g/mol. The lowest BCUT2D eigenvalue weighted by Gasteiger charge is -2.21. The summed E-state index contributed by atoms with van der Waals surface area (Å²) in [6, 6.07) is 3.47. The van der Waals surface area contributed by atoms with Crippen LogP contribution in [0.15, 0.2) is 18.2 Å². The van der Waals surface area contributed by atoms with Crippen molar-refractivity contribution in [3.8, 4) is 0 Å². The van der Waals surface area contributed by atoms with Gasteiger partial charge in [-0.25, -0.2) is 0 Å². The van der Waals surface area contributed by atoms with Gasteiger partial charge in [0.15, 0.2) is 0 Å². The third-order valence-electron chi connectivity index (χ3n) is 2.74. The average Bonchev–Trinajstić information content (AvgIpc) is 2.37. The second-order valence-corrected chi connectivity index (χ2v) is 4.21. The average molecular weight is 290 g/mol. The molecule has 7 heteroatoms. The maximum Gasteiger partial charge on any atom is 0.418 e. The molecule has 0 aliphatic heterocycles. The van der Waals surface area contributed by atoms with Crippen LogP contribution in [0, 0.1) is 0 Å². The van der Waals surface area contributed by atoms with Crippen LogP contribution in [0.2, 0.25) is 0 Å². The highest BCUT2D eigenvalue weighted by atomic mass is 19.4. The van der Waals surface area contributed by atoms with Crippen LogP contribution in [0.1, 0.15) is 22.8 Å². The number of nitrogens with zero attached hydrogens (tertiary/aromatic N) is 1. The highest BCUT2D eigenvalue weighted by Gasteiger charge is 2.35. The summed E-state index contributed by atoms with van der Waals surface area (Å²) in [5.41, 5.74) is -1.16. The predicted octanol–water partition coefficient (Wildman–Crippen LogP) is 2.20. The van der Waals surface area contributed by atoms with E-state index in [0.29, 0.717) is 0 Å². The van der Waals surface area contributed by atoms with Crippen molar-refractivity contribution in [3.05, 3.63) is 29.3 Å². The summed E-state index contributed by atoms with van der Waals surface area (Å²) in [5, 5.41) is 11.4. The summed E-state index contributed by atoms with van der Waals surface area (Å²) in [6.45, 7) is 1.72. The zero-order valence-corrected chi connectivity index (χ0v) is 11.3. The van der Waals surface area contributed by atoms with Crippen molar-refractivity contribution in [2.75, 3.05) is 32.1 Å². The number of amides is 1. The fraction of sp³-hybridized carbons (Fsp3) is 0.462. The number of anilines is 1. The van der Waals surface area contributed by atoms with Crippen LogP contribution >= 0.6 is 0 Å². The number of aliphatic hydroxyl groups is 1. The lowest BCUT2D eigenvalue weighted by Crippen LogP contribution is -2.30. The number of aliphatic hydroxyl groups excluding tert-OH is 1. The Morgan fingerprint density at radius 3 is 2.55 bits per heavy atom. The van der Waals surface area contributed by atoms with Crippen molar-refractivity contribution >= 4 is 11.6 Å². The highest BCUT2D eigenvalue weighted by molar-refractivity contribution is 6.00. The molecule has 1 aromatic carbocycles. The predicted molar refractivity (Wildman–Crippen MR) is 69.7 cm³/mol. The molecule has 0 saturated heterocycles. The number of para-hydroxylation sites is 1. The Morgan fingerprint density at radius 1 is 1.40 bits per heavy atom. The molecule has 1 rings (SSSR count). The minimum Gasteiger partial charge on any atom is -0.395 e. The molecule has 0 bridgehead atoms. The normalized spacial score (nSPS) is 11.3. The maximum absolute atomic E-state index is 13.0. The monoisotopic (exact) mass is 290 g/mol. The molecule has 1 amide bonds. The van der Waals surface area contributed by atoms with Crippen LogP contribution in [0.5, 0.6) is 0 Å². The number of rotatable bonds is 5. The number of hydrogen-bond donors (Lipinski definition) is 2. The molecule has 0 spiro atoms. The molecule has 0 aliphatic rings.